The van der Waals surface area contributed by atoms with Crippen molar-refractivity contribution in [1.29, 1.82) is 5.26 Å². The molecule has 0 amide bonds. The number of rotatable bonds is 4. The van der Waals surface area contributed by atoms with Gasteiger partial charge >= 0.3 is 0 Å². The molecular weight excluding hydrogens is 681 g/mol. The van der Waals surface area contributed by atoms with Gasteiger partial charge in [0, 0.05) is 21.5 Å². The van der Waals surface area contributed by atoms with Crippen molar-refractivity contribution in [3.63, 3.8) is 0 Å². The molecule has 0 N–H and O–H groups in total. The Morgan fingerprint density at radius 2 is 0.875 bits per heavy atom. The summed E-state index contributed by atoms with van der Waals surface area (Å²) >= 11 is 0. The van der Waals surface area contributed by atoms with Crippen LogP contribution in [-0.4, -0.2) is 9.13 Å². The summed E-state index contributed by atoms with van der Waals surface area (Å²) in [7, 11) is 0. The van der Waals surface area contributed by atoms with Gasteiger partial charge in [0.25, 0.3) is 0 Å². The SMILES string of the molecule is [C-]#[N+]c1cc(C#N)c(-n2c3ccc(-c4ccccc4)cc3c3c4ccccc4ccc32)cc1-n1c2ccc(-c3ccccc3)cc2c2c3ccccc3ccc21. The molecule has 0 radical (unpaired) electrons. The standard InChI is InChI=1S/C52H30N4/c1-54-44-30-39(32-53)49(55-45-24-22-37(33-12-4-2-5-13-33)28-42(45)51-40-18-10-8-16-35(40)20-26-47(51)55)31-50(44)56-46-25-23-38(34-14-6-3-7-15-34)29-43(46)52-41-19-11-9-17-36(41)21-27-48(52)56/h2-31H. The predicted molar refractivity (Wildman–Crippen MR) is 232 cm³/mol. The number of hydrogen-bond donors (Lipinski definition) is 0. The van der Waals surface area contributed by atoms with E-state index in [2.05, 4.69) is 184 Å². The molecule has 56 heavy (non-hydrogen) atoms. The number of nitrogens with zero attached hydrogens (tertiary/aromatic N) is 4. The average molecular weight is 711 g/mol. The molecule has 0 fully saturated rings. The van der Waals surface area contributed by atoms with Gasteiger partial charge in [0.05, 0.1) is 51.6 Å². The van der Waals surface area contributed by atoms with Crippen LogP contribution in [0, 0.1) is 17.9 Å². The monoisotopic (exact) mass is 710 g/mol. The summed E-state index contributed by atoms with van der Waals surface area (Å²) in [5, 5.41) is 19.9. The van der Waals surface area contributed by atoms with Crippen LogP contribution in [0.3, 0.4) is 0 Å². The van der Waals surface area contributed by atoms with Crippen LogP contribution in [0.25, 0.3) is 104 Å². The van der Waals surface area contributed by atoms with Gasteiger partial charge in [-0.3, -0.25) is 0 Å². The summed E-state index contributed by atoms with van der Waals surface area (Å²) in [5.74, 6) is 0. The minimum absolute atomic E-state index is 0.418. The molecule has 2 aromatic heterocycles. The molecule has 0 spiro atoms. The minimum Gasteiger partial charge on any atom is -0.319 e. The molecular formula is C52H30N4. The zero-order valence-corrected chi connectivity index (χ0v) is 30.1. The quantitative estimate of drug-likeness (QED) is 0.168. The second-order valence-corrected chi connectivity index (χ2v) is 14.3. The van der Waals surface area contributed by atoms with E-state index >= 15 is 0 Å². The maximum absolute atomic E-state index is 10.8. The van der Waals surface area contributed by atoms with Gasteiger partial charge in [0.2, 0.25) is 5.69 Å². The Bertz CT molecular complexity index is 3250. The predicted octanol–water partition coefficient (Wildman–Crippen LogP) is 13.9. The summed E-state index contributed by atoms with van der Waals surface area (Å²) in [6, 6.07) is 66.1. The van der Waals surface area contributed by atoms with Crippen LogP contribution in [0.5, 0.6) is 0 Å². The van der Waals surface area contributed by atoms with Crippen molar-refractivity contribution in [3.05, 3.63) is 199 Å². The third kappa shape index (κ3) is 4.64. The molecule has 2 heterocycles. The zero-order chi connectivity index (χ0) is 37.3. The Balaban J connectivity index is 1.25. The van der Waals surface area contributed by atoms with E-state index in [0.717, 1.165) is 98.8 Å². The highest BCUT2D eigenvalue weighted by molar-refractivity contribution is 6.23. The van der Waals surface area contributed by atoms with E-state index in [1.54, 1.807) is 6.07 Å². The topological polar surface area (TPSA) is 38.0 Å². The highest BCUT2D eigenvalue weighted by Crippen LogP contribution is 2.44. The average Bonchev–Trinajstić information content (AvgIpc) is 3.79. The summed E-state index contributed by atoms with van der Waals surface area (Å²) < 4.78 is 4.44. The molecule has 9 aromatic carbocycles. The Hall–Kier alpha value is -7.92. The Morgan fingerprint density at radius 1 is 0.411 bits per heavy atom. The van der Waals surface area contributed by atoms with Crippen molar-refractivity contribution in [2.45, 2.75) is 0 Å². The normalized spacial score (nSPS) is 11.5. The molecule has 258 valence electrons. The smallest absolute Gasteiger partial charge is 0.212 e. The first-order valence-corrected chi connectivity index (χ1v) is 18.7. The maximum Gasteiger partial charge on any atom is 0.212 e. The van der Waals surface area contributed by atoms with E-state index in [1.165, 1.54) is 0 Å². The second kappa shape index (κ2) is 12.3. The lowest BCUT2D eigenvalue weighted by Gasteiger charge is -2.16. The molecule has 0 saturated heterocycles. The van der Waals surface area contributed by atoms with E-state index in [9.17, 15) is 5.26 Å². The van der Waals surface area contributed by atoms with Gasteiger partial charge in [0.1, 0.15) is 0 Å². The van der Waals surface area contributed by atoms with E-state index in [0.29, 0.717) is 11.3 Å². The van der Waals surface area contributed by atoms with Gasteiger partial charge in [-0.25, -0.2) is 4.85 Å². The molecule has 0 aliphatic heterocycles. The van der Waals surface area contributed by atoms with Gasteiger partial charge in [-0.1, -0.05) is 133 Å². The van der Waals surface area contributed by atoms with E-state index in [-0.39, 0.29) is 0 Å². The van der Waals surface area contributed by atoms with Crippen LogP contribution >= 0.6 is 0 Å². The van der Waals surface area contributed by atoms with Crippen LogP contribution in [0.15, 0.2) is 182 Å². The fourth-order valence-electron chi connectivity index (χ4n) is 8.83. The summed E-state index contributed by atoms with van der Waals surface area (Å²) in [5.41, 5.74) is 10.9. The van der Waals surface area contributed by atoms with Gasteiger partial charge in [-0.05, 0) is 92.3 Å². The number of hydrogen-bond acceptors (Lipinski definition) is 1. The van der Waals surface area contributed by atoms with Crippen LogP contribution < -0.4 is 0 Å². The molecule has 4 nitrogen and oxygen atoms in total. The van der Waals surface area contributed by atoms with Gasteiger partial charge in [-0.15, -0.1) is 0 Å². The highest BCUT2D eigenvalue weighted by Gasteiger charge is 2.23. The van der Waals surface area contributed by atoms with Crippen molar-refractivity contribution >= 4 is 70.8 Å². The number of fused-ring (bicyclic) bond motifs is 10. The van der Waals surface area contributed by atoms with Crippen molar-refractivity contribution < 1.29 is 0 Å². The highest BCUT2D eigenvalue weighted by atomic mass is 15.0. The van der Waals surface area contributed by atoms with Crippen LogP contribution in [0.4, 0.5) is 5.69 Å². The third-order valence-corrected chi connectivity index (χ3v) is 11.3. The lowest BCUT2D eigenvalue weighted by Crippen LogP contribution is -2.02. The Morgan fingerprint density at radius 3 is 1.38 bits per heavy atom. The fourth-order valence-corrected chi connectivity index (χ4v) is 8.83. The second-order valence-electron chi connectivity index (χ2n) is 14.3. The molecule has 0 bridgehead atoms. The molecule has 0 atom stereocenters. The summed E-state index contributed by atoms with van der Waals surface area (Å²) in [4.78, 5) is 4.08. The number of benzene rings is 9. The van der Waals surface area contributed by atoms with Gasteiger partial charge in [0.15, 0.2) is 0 Å². The lowest BCUT2D eigenvalue weighted by molar-refractivity contribution is 1.13. The molecule has 0 unspecified atom stereocenters. The number of nitriles is 1. The van der Waals surface area contributed by atoms with Crippen LogP contribution in [-0.2, 0) is 0 Å². The molecule has 11 aromatic rings. The molecule has 4 heteroatoms. The fraction of sp³-hybridized carbons (Fsp3) is 0. The largest absolute Gasteiger partial charge is 0.319 e. The minimum atomic E-state index is 0.418. The van der Waals surface area contributed by atoms with E-state index in [4.69, 9.17) is 6.57 Å². The Labute approximate surface area is 322 Å². The van der Waals surface area contributed by atoms with Crippen molar-refractivity contribution in [2.24, 2.45) is 0 Å². The first kappa shape index (κ1) is 31.6. The van der Waals surface area contributed by atoms with Gasteiger partial charge in [-0.2, -0.15) is 5.26 Å². The van der Waals surface area contributed by atoms with E-state index in [1.807, 2.05) is 12.1 Å². The van der Waals surface area contributed by atoms with Crippen molar-refractivity contribution in [3.8, 4) is 39.7 Å². The van der Waals surface area contributed by atoms with E-state index < -0.39 is 0 Å². The van der Waals surface area contributed by atoms with Crippen molar-refractivity contribution in [2.75, 3.05) is 0 Å². The molecule has 0 aliphatic rings. The maximum atomic E-state index is 10.8. The van der Waals surface area contributed by atoms with Crippen molar-refractivity contribution in [1.82, 2.24) is 9.13 Å². The van der Waals surface area contributed by atoms with Gasteiger partial charge < -0.3 is 9.13 Å². The number of aromatic nitrogens is 2. The summed E-state index contributed by atoms with van der Waals surface area (Å²) in [6.07, 6.45) is 0. The molecule has 0 saturated carbocycles. The van der Waals surface area contributed by atoms with Crippen LogP contribution in [0.1, 0.15) is 5.56 Å². The third-order valence-electron chi connectivity index (χ3n) is 11.3. The zero-order valence-electron chi connectivity index (χ0n) is 30.1. The molecule has 11 rings (SSSR count). The van der Waals surface area contributed by atoms with Crippen LogP contribution in [0.2, 0.25) is 0 Å². The Kier molecular flexibility index (Phi) is 6.95. The summed E-state index contributed by atoms with van der Waals surface area (Å²) in [6.45, 7) is 8.45. The first-order chi connectivity index (χ1) is 27.7. The molecule has 0 aliphatic carbocycles. The first-order valence-electron chi connectivity index (χ1n) is 18.7. The lowest BCUT2D eigenvalue weighted by atomic mass is 10.0.